The molecule has 0 aliphatic heterocycles. The van der Waals surface area contributed by atoms with Crippen LogP contribution in [0.4, 0.5) is 0 Å². The van der Waals surface area contributed by atoms with E-state index in [4.69, 9.17) is 5.11 Å². The number of rotatable bonds is 11. The molecule has 0 aliphatic carbocycles. The zero-order chi connectivity index (χ0) is 12.9. The van der Waals surface area contributed by atoms with Gasteiger partial charge in [0, 0.05) is 6.42 Å². The molecule has 3 heteroatoms. The van der Waals surface area contributed by atoms with Crippen molar-refractivity contribution in [1.82, 2.24) is 0 Å². The van der Waals surface area contributed by atoms with Gasteiger partial charge in [-0.15, -0.1) is 0 Å². The molecule has 0 amide bonds. The maximum Gasteiger partial charge on any atom is 0.303 e. The summed E-state index contributed by atoms with van der Waals surface area (Å²) >= 11 is 0. The smallest absolute Gasteiger partial charge is 0.303 e. The van der Waals surface area contributed by atoms with Crippen molar-refractivity contribution < 1.29 is 15.0 Å². The van der Waals surface area contributed by atoms with Crippen LogP contribution in [0, 0.1) is 0 Å². The van der Waals surface area contributed by atoms with Gasteiger partial charge in [-0.3, -0.25) is 4.79 Å². The normalized spacial score (nSPS) is 13.1. The highest BCUT2D eigenvalue weighted by atomic mass is 16.4. The number of aliphatic carboxylic acids is 1. The van der Waals surface area contributed by atoms with E-state index in [-0.39, 0.29) is 6.42 Å². The summed E-state index contributed by atoms with van der Waals surface area (Å²) in [5.74, 6) is -0.732. The first kappa shape index (κ1) is 16.2. The Kier molecular flexibility index (Phi) is 11.1. The Labute approximate surface area is 105 Å². The van der Waals surface area contributed by atoms with Crippen LogP contribution in [0.3, 0.4) is 0 Å². The Bertz CT molecular complexity index is 212. The van der Waals surface area contributed by atoms with Crippen LogP contribution in [0.1, 0.15) is 64.7 Å². The lowest BCUT2D eigenvalue weighted by Crippen LogP contribution is -2.02. The standard InChI is InChI=1S/C14H25O3/c1-2-3-7-10-13(15)11-8-5-4-6-9-12-14(16)17/h5,8,13H,2-4,6-7,9-12H2,1H3,(H,16,17)/t13-/m1/s1. The average Bonchev–Trinajstić information content (AvgIpc) is 2.28. The van der Waals surface area contributed by atoms with Crippen LogP contribution in [0.2, 0.25) is 0 Å². The highest BCUT2D eigenvalue weighted by Crippen LogP contribution is 2.08. The van der Waals surface area contributed by atoms with Gasteiger partial charge in [0.25, 0.3) is 0 Å². The van der Waals surface area contributed by atoms with Crippen LogP contribution < -0.4 is 0 Å². The van der Waals surface area contributed by atoms with E-state index >= 15 is 0 Å². The van der Waals surface area contributed by atoms with Gasteiger partial charge in [0.2, 0.25) is 0 Å². The fourth-order valence-electron chi connectivity index (χ4n) is 1.64. The molecule has 99 valence electrons. The molecule has 0 aromatic heterocycles. The van der Waals surface area contributed by atoms with Crippen molar-refractivity contribution in [3.05, 3.63) is 12.2 Å². The first-order valence-electron chi connectivity index (χ1n) is 6.69. The topological polar surface area (TPSA) is 57.2 Å². The second-order valence-corrected chi connectivity index (χ2v) is 4.46. The molecule has 1 atom stereocenters. The summed E-state index contributed by atoms with van der Waals surface area (Å²) in [6.45, 7) is 2.14. The van der Waals surface area contributed by atoms with E-state index in [1.54, 1.807) is 0 Å². The van der Waals surface area contributed by atoms with E-state index < -0.39 is 12.1 Å². The summed E-state index contributed by atoms with van der Waals surface area (Å²) in [6, 6.07) is 0. The van der Waals surface area contributed by atoms with Gasteiger partial charge in [-0.25, -0.2) is 5.11 Å². The van der Waals surface area contributed by atoms with Crippen LogP contribution >= 0.6 is 0 Å². The fraction of sp³-hybridized carbons (Fsp3) is 0.786. The van der Waals surface area contributed by atoms with Crippen LogP contribution in [-0.4, -0.2) is 17.2 Å². The number of allylic oxidation sites excluding steroid dienone is 1. The van der Waals surface area contributed by atoms with Crippen molar-refractivity contribution >= 4 is 5.97 Å². The zero-order valence-corrected chi connectivity index (χ0v) is 10.9. The molecule has 1 radical (unpaired) electrons. The SMILES string of the molecule is CCCCC[C@@H]([O])CC=CCCCCC(=O)O. The third-order valence-corrected chi connectivity index (χ3v) is 2.71. The molecule has 1 N–H and O–H groups in total. The second-order valence-electron chi connectivity index (χ2n) is 4.46. The average molecular weight is 241 g/mol. The predicted molar refractivity (Wildman–Crippen MR) is 68.5 cm³/mol. The molecule has 17 heavy (non-hydrogen) atoms. The largest absolute Gasteiger partial charge is 0.481 e. The molecule has 0 aromatic rings. The number of unbranched alkanes of at least 4 members (excludes halogenated alkanes) is 4. The van der Waals surface area contributed by atoms with E-state index in [0.29, 0.717) is 6.42 Å². The van der Waals surface area contributed by atoms with Gasteiger partial charge in [0.1, 0.15) is 0 Å². The molecule has 0 unspecified atom stereocenters. The minimum Gasteiger partial charge on any atom is -0.481 e. The third-order valence-electron chi connectivity index (χ3n) is 2.71. The fourth-order valence-corrected chi connectivity index (χ4v) is 1.64. The maximum absolute atomic E-state index is 11.5. The summed E-state index contributed by atoms with van der Waals surface area (Å²) in [5, 5.41) is 19.9. The summed E-state index contributed by atoms with van der Waals surface area (Å²) in [4.78, 5) is 10.2. The quantitative estimate of drug-likeness (QED) is 0.439. The van der Waals surface area contributed by atoms with E-state index in [1.165, 1.54) is 0 Å². The monoisotopic (exact) mass is 241 g/mol. The molecule has 0 rings (SSSR count). The first-order chi connectivity index (χ1) is 8.16. The molecule has 0 fully saturated rings. The van der Waals surface area contributed by atoms with Gasteiger partial charge >= 0.3 is 5.97 Å². The molecular weight excluding hydrogens is 216 g/mol. The van der Waals surface area contributed by atoms with Crippen molar-refractivity contribution in [3.8, 4) is 0 Å². The van der Waals surface area contributed by atoms with Crippen LogP contribution in [0.15, 0.2) is 12.2 Å². The van der Waals surface area contributed by atoms with Gasteiger partial charge in [0.15, 0.2) is 0 Å². The molecule has 0 aromatic carbocycles. The van der Waals surface area contributed by atoms with E-state index in [2.05, 4.69) is 6.92 Å². The summed E-state index contributed by atoms with van der Waals surface area (Å²) in [6.07, 6.45) is 11.0. The Morgan fingerprint density at radius 3 is 2.59 bits per heavy atom. The van der Waals surface area contributed by atoms with Gasteiger partial charge in [-0.1, -0.05) is 38.3 Å². The molecule has 0 spiro atoms. The molecule has 0 aliphatic rings. The minimum absolute atomic E-state index is 0.245. The Morgan fingerprint density at radius 2 is 1.94 bits per heavy atom. The van der Waals surface area contributed by atoms with Crippen molar-refractivity contribution in [1.29, 1.82) is 0 Å². The van der Waals surface area contributed by atoms with Crippen molar-refractivity contribution in [3.63, 3.8) is 0 Å². The van der Waals surface area contributed by atoms with Gasteiger partial charge < -0.3 is 5.11 Å². The Morgan fingerprint density at radius 1 is 1.18 bits per heavy atom. The van der Waals surface area contributed by atoms with Gasteiger partial charge in [-0.2, -0.15) is 0 Å². The first-order valence-corrected chi connectivity index (χ1v) is 6.69. The molecule has 0 saturated carbocycles. The molecular formula is C14H25O3. The van der Waals surface area contributed by atoms with Crippen molar-refractivity contribution in [2.45, 2.75) is 70.8 Å². The number of hydrogen-bond acceptors (Lipinski definition) is 1. The molecule has 0 bridgehead atoms. The Balaban J connectivity index is 3.31. The van der Waals surface area contributed by atoms with Crippen molar-refractivity contribution in [2.24, 2.45) is 0 Å². The highest BCUT2D eigenvalue weighted by Gasteiger charge is 2.02. The lowest BCUT2D eigenvalue weighted by molar-refractivity contribution is -0.137. The van der Waals surface area contributed by atoms with Crippen molar-refractivity contribution in [2.75, 3.05) is 0 Å². The predicted octanol–water partition coefficient (Wildman–Crippen LogP) is 3.96. The summed E-state index contributed by atoms with van der Waals surface area (Å²) < 4.78 is 0. The lowest BCUT2D eigenvalue weighted by atomic mass is 10.1. The van der Waals surface area contributed by atoms with Crippen LogP contribution in [0.5, 0.6) is 0 Å². The lowest BCUT2D eigenvalue weighted by Gasteiger charge is -2.03. The zero-order valence-electron chi connectivity index (χ0n) is 10.9. The minimum atomic E-state index is -0.732. The van der Waals surface area contributed by atoms with E-state index in [9.17, 15) is 9.90 Å². The van der Waals surface area contributed by atoms with Gasteiger partial charge in [-0.05, 0) is 32.1 Å². The maximum atomic E-state index is 11.5. The number of carboxylic acids is 1. The Hall–Kier alpha value is -0.830. The van der Waals surface area contributed by atoms with Crippen LogP contribution in [0.25, 0.3) is 0 Å². The molecule has 0 saturated heterocycles. The highest BCUT2D eigenvalue weighted by molar-refractivity contribution is 5.66. The number of carbonyl (C=O) groups is 1. The number of carboxylic acid groups (broad SMARTS) is 1. The van der Waals surface area contributed by atoms with Gasteiger partial charge in [0.05, 0.1) is 6.10 Å². The van der Waals surface area contributed by atoms with E-state index in [1.807, 2.05) is 12.2 Å². The molecule has 0 heterocycles. The van der Waals surface area contributed by atoms with E-state index in [0.717, 1.165) is 44.9 Å². The summed E-state index contributed by atoms with van der Waals surface area (Å²) in [5.41, 5.74) is 0. The summed E-state index contributed by atoms with van der Waals surface area (Å²) in [7, 11) is 0. The second kappa shape index (κ2) is 11.6. The van der Waals surface area contributed by atoms with Crippen LogP contribution in [-0.2, 0) is 9.90 Å². The number of hydrogen-bond donors (Lipinski definition) is 1. The molecule has 3 nitrogen and oxygen atoms in total. The third kappa shape index (κ3) is 13.1.